The van der Waals surface area contributed by atoms with Crippen LogP contribution in [-0.2, 0) is 14.8 Å². The van der Waals surface area contributed by atoms with Gasteiger partial charge < -0.3 is 5.32 Å². The second-order valence-electron chi connectivity index (χ2n) is 7.12. The van der Waals surface area contributed by atoms with E-state index in [0.29, 0.717) is 0 Å². The summed E-state index contributed by atoms with van der Waals surface area (Å²) in [6.07, 6.45) is 0. The number of carbonyl (C=O) groups excluding carboxylic acids is 1. The smallest absolute Gasteiger partial charge is 0.242 e. The summed E-state index contributed by atoms with van der Waals surface area (Å²) in [6, 6.07) is 15.8. The number of likely N-dealkylation sites (N-methyl/N-ethyl adjacent to an activating group) is 1. The van der Waals surface area contributed by atoms with Gasteiger partial charge in [0, 0.05) is 14.1 Å². The molecule has 0 saturated heterocycles. The van der Waals surface area contributed by atoms with Gasteiger partial charge in [-0.3, -0.25) is 9.69 Å². The highest BCUT2D eigenvalue weighted by molar-refractivity contribution is 7.89. The van der Waals surface area contributed by atoms with Gasteiger partial charge in [0.2, 0.25) is 15.9 Å². The standard InChI is InChI=1S/C22H31N3O3S/c1-6-25(7-2)21(19-11-9-8-10-12-19)22(26)23-17(3)18-13-15-20(16-14-18)29(27,28)24(4)5/h8-17,21H,6-7H2,1-5H3,(H,23,26). The summed E-state index contributed by atoms with van der Waals surface area (Å²) in [7, 11) is -0.465. The first-order valence-electron chi connectivity index (χ1n) is 9.84. The minimum Gasteiger partial charge on any atom is -0.348 e. The molecule has 0 aromatic heterocycles. The Bertz CT molecular complexity index is 893. The zero-order valence-corrected chi connectivity index (χ0v) is 18.6. The number of benzene rings is 2. The Morgan fingerprint density at radius 3 is 1.97 bits per heavy atom. The molecule has 0 saturated carbocycles. The van der Waals surface area contributed by atoms with E-state index in [1.807, 2.05) is 51.1 Å². The number of nitrogens with zero attached hydrogens (tertiary/aromatic N) is 2. The second kappa shape index (κ2) is 10.0. The molecule has 2 unspecified atom stereocenters. The molecule has 2 atom stereocenters. The molecule has 0 aliphatic rings. The SMILES string of the molecule is CCN(CC)C(C(=O)NC(C)c1ccc(S(=O)(=O)N(C)C)cc1)c1ccccc1. The fraction of sp³-hybridized carbons (Fsp3) is 0.409. The van der Waals surface area contributed by atoms with Crippen molar-refractivity contribution >= 4 is 15.9 Å². The van der Waals surface area contributed by atoms with E-state index in [1.54, 1.807) is 24.3 Å². The number of carbonyl (C=O) groups is 1. The zero-order valence-electron chi connectivity index (χ0n) is 17.8. The van der Waals surface area contributed by atoms with Crippen LogP contribution in [0.1, 0.15) is 44.0 Å². The molecule has 29 heavy (non-hydrogen) atoms. The molecule has 0 bridgehead atoms. The summed E-state index contributed by atoms with van der Waals surface area (Å²) in [5.74, 6) is -0.0719. The van der Waals surface area contributed by atoms with Gasteiger partial charge in [-0.25, -0.2) is 12.7 Å². The van der Waals surface area contributed by atoms with Crippen LogP contribution >= 0.6 is 0 Å². The fourth-order valence-electron chi connectivity index (χ4n) is 3.27. The van der Waals surface area contributed by atoms with Crippen LogP contribution in [0.2, 0.25) is 0 Å². The Labute approximate surface area is 174 Å². The highest BCUT2D eigenvalue weighted by atomic mass is 32.2. The van der Waals surface area contributed by atoms with E-state index in [0.717, 1.165) is 24.2 Å². The normalized spacial score (nSPS) is 14.0. The van der Waals surface area contributed by atoms with E-state index in [-0.39, 0.29) is 22.9 Å². The van der Waals surface area contributed by atoms with E-state index in [1.165, 1.54) is 18.4 Å². The molecule has 2 aromatic rings. The summed E-state index contributed by atoms with van der Waals surface area (Å²) in [5, 5.41) is 3.08. The van der Waals surface area contributed by atoms with Crippen LogP contribution < -0.4 is 5.32 Å². The summed E-state index contributed by atoms with van der Waals surface area (Å²) in [4.78, 5) is 15.5. The van der Waals surface area contributed by atoms with Gasteiger partial charge in [0.05, 0.1) is 10.9 Å². The topological polar surface area (TPSA) is 69.7 Å². The van der Waals surface area contributed by atoms with Gasteiger partial charge in [-0.15, -0.1) is 0 Å². The fourth-order valence-corrected chi connectivity index (χ4v) is 4.17. The third-order valence-corrected chi connectivity index (χ3v) is 6.89. The Morgan fingerprint density at radius 1 is 0.931 bits per heavy atom. The van der Waals surface area contributed by atoms with Crippen LogP contribution in [0.3, 0.4) is 0 Å². The van der Waals surface area contributed by atoms with Crippen molar-refractivity contribution in [1.29, 1.82) is 0 Å². The number of amides is 1. The van der Waals surface area contributed by atoms with E-state index in [4.69, 9.17) is 0 Å². The minimum absolute atomic E-state index is 0.0719. The van der Waals surface area contributed by atoms with Crippen LogP contribution in [0.15, 0.2) is 59.5 Å². The van der Waals surface area contributed by atoms with E-state index >= 15 is 0 Å². The van der Waals surface area contributed by atoms with Gasteiger partial charge in [-0.2, -0.15) is 0 Å². The second-order valence-corrected chi connectivity index (χ2v) is 9.27. The molecule has 2 rings (SSSR count). The number of rotatable bonds is 9. The minimum atomic E-state index is -3.47. The molecule has 1 N–H and O–H groups in total. The third kappa shape index (κ3) is 5.44. The van der Waals surface area contributed by atoms with Crippen molar-refractivity contribution in [1.82, 2.24) is 14.5 Å². The Hall–Kier alpha value is -2.22. The van der Waals surface area contributed by atoms with E-state index in [2.05, 4.69) is 10.2 Å². The van der Waals surface area contributed by atoms with Gasteiger partial charge in [0.15, 0.2) is 0 Å². The van der Waals surface area contributed by atoms with Crippen molar-refractivity contribution in [2.75, 3.05) is 27.2 Å². The molecule has 0 aliphatic heterocycles. The lowest BCUT2D eigenvalue weighted by Crippen LogP contribution is -2.41. The highest BCUT2D eigenvalue weighted by Gasteiger charge is 2.27. The number of hydrogen-bond donors (Lipinski definition) is 1. The summed E-state index contributed by atoms with van der Waals surface area (Å²) >= 11 is 0. The largest absolute Gasteiger partial charge is 0.348 e. The van der Waals surface area contributed by atoms with E-state index < -0.39 is 10.0 Å². The van der Waals surface area contributed by atoms with Gasteiger partial charge in [0.25, 0.3) is 0 Å². The van der Waals surface area contributed by atoms with E-state index in [9.17, 15) is 13.2 Å². The van der Waals surface area contributed by atoms with Gasteiger partial charge in [-0.1, -0.05) is 56.3 Å². The molecule has 1 amide bonds. The molecule has 0 radical (unpaired) electrons. The molecule has 7 heteroatoms. The Morgan fingerprint density at radius 2 is 1.48 bits per heavy atom. The highest BCUT2D eigenvalue weighted by Crippen LogP contribution is 2.23. The van der Waals surface area contributed by atoms with Crippen LogP contribution in [0.4, 0.5) is 0 Å². The molecule has 6 nitrogen and oxygen atoms in total. The molecule has 0 spiro atoms. The van der Waals surface area contributed by atoms with Gasteiger partial charge >= 0.3 is 0 Å². The van der Waals surface area contributed by atoms with Crippen molar-refractivity contribution < 1.29 is 13.2 Å². The van der Waals surface area contributed by atoms with Crippen LogP contribution in [-0.4, -0.2) is 50.7 Å². The first-order chi connectivity index (χ1) is 13.7. The molecular formula is C22H31N3O3S. The third-order valence-electron chi connectivity index (χ3n) is 5.06. The Balaban J connectivity index is 2.21. The van der Waals surface area contributed by atoms with Gasteiger partial charge in [0.1, 0.15) is 6.04 Å². The van der Waals surface area contributed by atoms with Crippen molar-refractivity contribution in [3.63, 3.8) is 0 Å². The van der Waals surface area contributed by atoms with Crippen molar-refractivity contribution in [2.24, 2.45) is 0 Å². The maximum Gasteiger partial charge on any atom is 0.242 e. The molecule has 0 fully saturated rings. The van der Waals surface area contributed by atoms with Crippen molar-refractivity contribution in [2.45, 2.75) is 37.8 Å². The molecule has 158 valence electrons. The molecule has 0 heterocycles. The summed E-state index contributed by atoms with van der Waals surface area (Å²) in [5.41, 5.74) is 1.80. The molecule has 2 aromatic carbocycles. The van der Waals surface area contributed by atoms with Crippen LogP contribution in [0.25, 0.3) is 0 Å². The molecular weight excluding hydrogens is 386 g/mol. The zero-order chi connectivity index (χ0) is 21.6. The first-order valence-corrected chi connectivity index (χ1v) is 11.3. The van der Waals surface area contributed by atoms with Gasteiger partial charge in [-0.05, 0) is 43.3 Å². The first kappa shape index (κ1) is 23.1. The lowest BCUT2D eigenvalue weighted by molar-refractivity contribution is -0.127. The average molecular weight is 418 g/mol. The molecule has 0 aliphatic carbocycles. The average Bonchev–Trinajstić information content (AvgIpc) is 2.72. The predicted molar refractivity (Wildman–Crippen MR) is 116 cm³/mol. The quantitative estimate of drug-likeness (QED) is 0.680. The van der Waals surface area contributed by atoms with Crippen LogP contribution in [0.5, 0.6) is 0 Å². The monoisotopic (exact) mass is 417 g/mol. The Kier molecular flexibility index (Phi) is 7.96. The summed E-state index contributed by atoms with van der Waals surface area (Å²) in [6.45, 7) is 7.50. The predicted octanol–water partition coefficient (Wildman–Crippen LogP) is 3.20. The lowest BCUT2D eigenvalue weighted by atomic mass is 10.0. The number of hydrogen-bond acceptors (Lipinski definition) is 4. The van der Waals surface area contributed by atoms with Crippen molar-refractivity contribution in [3.05, 3.63) is 65.7 Å². The maximum atomic E-state index is 13.1. The maximum absolute atomic E-state index is 13.1. The lowest BCUT2D eigenvalue weighted by Gasteiger charge is -2.30. The number of sulfonamides is 1. The van der Waals surface area contributed by atoms with Crippen LogP contribution in [0, 0.1) is 0 Å². The van der Waals surface area contributed by atoms with Crippen molar-refractivity contribution in [3.8, 4) is 0 Å². The number of nitrogens with one attached hydrogen (secondary N) is 1. The summed E-state index contributed by atoms with van der Waals surface area (Å²) < 4.78 is 25.6.